The van der Waals surface area contributed by atoms with E-state index in [1.807, 2.05) is 0 Å². The fraction of sp³-hybridized carbons (Fsp3) is 0.455. The smallest absolute Gasteiger partial charge is 0.232 e. The van der Waals surface area contributed by atoms with Crippen molar-refractivity contribution in [1.82, 2.24) is 20.5 Å². The Kier molecular flexibility index (Phi) is 10.7. The molecule has 1 fully saturated rings. The van der Waals surface area contributed by atoms with E-state index in [4.69, 9.17) is 16.3 Å². The maximum atomic E-state index is 6.05. The molecule has 8 heteroatoms. The molecule has 1 saturated heterocycles. The van der Waals surface area contributed by atoms with Gasteiger partial charge in [-0.05, 0) is 37.5 Å². The molecule has 2 atom stereocenters. The molecule has 0 radical (unpaired) electrons. The van der Waals surface area contributed by atoms with E-state index in [9.17, 15) is 0 Å². The van der Waals surface area contributed by atoms with Crippen LogP contribution in [0.5, 0.6) is 5.88 Å². The molecule has 0 spiro atoms. The van der Waals surface area contributed by atoms with Crippen LogP contribution in [0.4, 0.5) is 0 Å². The van der Waals surface area contributed by atoms with Gasteiger partial charge in [-0.2, -0.15) is 0 Å². The number of hydrogen-bond donors (Lipinski definition) is 2. The second-order valence-corrected chi connectivity index (χ2v) is 7.72. The first kappa shape index (κ1) is 24.7. The van der Waals surface area contributed by atoms with Crippen molar-refractivity contribution in [3.8, 4) is 5.88 Å². The normalized spacial score (nSPS) is 19.6. The highest BCUT2D eigenvalue weighted by Crippen LogP contribution is 2.20. The number of rotatable bonds is 7. The molecule has 2 heterocycles. The molecule has 0 aliphatic carbocycles. The number of piperidine rings is 1. The molecule has 0 bridgehead atoms. The lowest BCUT2D eigenvalue weighted by Gasteiger charge is -2.38. The quantitative estimate of drug-likeness (QED) is 0.240. The molecule has 1 aromatic carbocycles. The molecule has 2 N–H and O–H groups in total. The third-order valence-electron chi connectivity index (χ3n) is 5.16. The topological polar surface area (TPSA) is 61.8 Å². The van der Waals surface area contributed by atoms with Gasteiger partial charge in [0.25, 0.3) is 0 Å². The molecule has 2 aromatic rings. The Morgan fingerprint density at radius 2 is 2.07 bits per heavy atom. The number of benzene rings is 1. The highest BCUT2D eigenvalue weighted by molar-refractivity contribution is 14.0. The van der Waals surface area contributed by atoms with Crippen molar-refractivity contribution in [2.75, 3.05) is 26.7 Å². The van der Waals surface area contributed by atoms with E-state index < -0.39 is 0 Å². The summed E-state index contributed by atoms with van der Waals surface area (Å²) in [4.78, 5) is 11.0. The predicted molar refractivity (Wildman–Crippen MR) is 134 cm³/mol. The van der Waals surface area contributed by atoms with E-state index in [0.29, 0.717) is 36.1 Å². The van der Waals surface area contributed by atoms with Crippen LogP contribution in [-0.2, 0) is 6.54 Å². The highest BCUT2D eigenvalue weighted by Gasteiger charge is 2.25. The van der Waals surface area contributed by atoms with Crippen LogP contribution in [-0.4, -0.2) is 54.7 Å². The summed E-state index contributed by atoms with van der Waals surface area (Å²) in [6.45, 7) is 5.47. The summed E-state index contributed by atoms with van der Waals surface area (Å²) in [6.07, 6.45) is 3.85. The van der Waals surface area contributed by atoms with Gasteiger partial charge in [-0.3, -0.25) is 9.89 Å². The minimum absolute atomic E-state index is 0. The van der Waals surface area contributed by atoms with E-state index >= 15 is 0 Å². The first-order valence-electron chi connectivity index (χ1n) is 10.1. The summed E-state index contributed by atoms with van der Waals surface area (Å²) >= 11 is 6.05. The molecular weight excluding hydrogens is 513 g/mol. The second kappa shape index (κ2) is 13.0. The minimum atomic E-state index is 0. The maximum Gasteiger partial charge on any atom is 0.232 e. The van der Waals surface area contributed by atoms with Gasteiger partial charge in [0.2, 0.25) is 5.88 Å². The lowest BCUT2D eigenvalue weighted by Crippen LogP contribution is -2.51. The van der Waals surface area contributed by atoms with Gasteiger partial charge in [0.1, 0.15) is 11.6 Å². The Bertz CT molecular complexity index is 792. The number of hydrogen-bond acceptors (Lipinski definition) is 4. The fourth-order valence-electron chi connectivity index (χ4n) is 3.59. The van der Waals surface area contributed by atoms with Crippen LogP contribution < -0.4 is 15.4 Å². The molecule has 1 aromatic heterocycles. The van der Waals surface area contributed by atoms with Crippen molar-refractivity contribution in [3.05, 3.63) is 59.2 Å². The molecule has 164 valence electrons. The number of likely N-dealkylation sites (tertiary alicyclic amines) is 1. The van der Waals surface area contributed by atoms with Crippen molar-refractivity contribution in [2.24, 2.45) is 4.99 Å². The van der Waals surface area contributed by atoms with Crippen molar-refractivity contribution < 1.29 is 4.74 Å². The summed E-state index contributed by atoms with van der Waals surface area (Å²) in [7, 11) is 1.79. The summed E-state index contributed by atoms with van der Waals surface area (Å²) < 4.78 is 5.61. The Hall–Kier alpha value is -1.58. The van der Waals surface area contributed by atoms with E-state index in [2.05, 4.69) is 62.8 Å². The Labute approximate surface area is 201 Å². The number of aromatic nitrogens is 1. The third kappa shape index (κ3) is 7.59. The van der Waals surface area contributed by atoms with Crippen LogP contribution >= 0.6 is 35.6 Å². The summed E-state index contributed by atoms with van der Waals surface area (Å²) in [5.41, 5.74) is 1.37. The molecule has 1 aliphatic heterocycles. The van der Waals surface area contributed by atoms with Gasteiger partial charge >= 0.3 is 0 Å². The number of aliphatic imine (C=N–C) groups is 1. The molecule has 2 unspecified atom stereocenters. The number of ether oxygens (including phenoxy) is 1. The number of pyridine rings is 1. The molecular formula is C22H31ClIN5O. The molecule has 0 saturated carbocycles. The largest absolute Gasteiger partial charge is 0.475 e. The van der Waals surface area contributed by atoms with Gasteiger partial charge < -0.3 is 15.4 Å². The van der Waals surface area contributed by atoms with E-state index in [1.54, 1.807) is 25.4 Å². The summed E-state index contributed by atoms with van der Waals surface area (Å²) in [6, 6.07) is 15.2. The van der Waals surface area contributed by atoms with Crippen LogP contribution in [0.2, 0.25) is 5.02 Å². The van der Waals surface area contributed by atoms with Crippen molar-refractivity contribution in [2.45, 2.75) is 38.4 Å². The average Bonchev–Trinajstić information content (AvgIpc) is 2.74. The Balaban J connectivity index is 0.00000320. The molecule has 30 heavy (non-hydrogen) atoms. The third-order valence-corrected chi connectivity index (χ3v) is 5.45. The lowest BCUT2D eigenvalue weighted by atomic mass is 9.97. The summed E-state index contributed by atoms with van der Waals surface area (Å²) in [5.74, 6) is 1.26. The van der Waals surface area contributed by atoms with Crippen LogP contribution in [0.1, 0.15) is 25.3 Å². The zero-order chi connectivity index (χ0) is 20.5. The SMILES string of the molecule is CN=C(NCCOc1ncccc1Cl)NC1CCN(Cc2ccccc2)C(C)C1.I. The molecule has 0 amide bonds. The van der Waals surface area contributed by atoms with E-state index in [1.165, 1.54) is 5.56 Å². The standard InChI is InChI=1S/C22H30ClN5O.HI/c1-17-15-19(10-13-28(17)16-18-7-4-3-5-8-18)27-22(24-2)26-12-14-29-21-20(23)9-6-11-25-21;/h3-9,11,17,19H,10,12-16H2,1-2H3,(H2,24,26,27);1H. The lowest BCUT2D eigenvalue weighted by molar-refractivity contribution is 0.134. The zero-order valence-electron chi connectivity index (χ0n) is 17.6. The van der Waals surface area contributed by atoms with Crippen molar-refractivity contribution in [1.29, 1.82) is 0 Å². The molecule has 1 aliphatic rings. The van der Waals surface area contributed by atoms with Crippen LogP contribution in [0.25, 0.3) is 0 Å². The number of nitrogens with zero attached hydrogens (tertiary/aromatic N) is 3. The predicted octanol–water partition coefficient (Wildman–Crippen LogP) is 3.95. The highest BCUT2D eigenvalue weighted by atomic mass is 127. The van der Waals surface area contributed by atoms with Crippen LogP contribution in [0.15, 0.2) is 53.7 Å². The number of halogens is 2. The van der Waals surface area contributed by atoms with Gasteiger partial charge in [-0.15, -0.1) is 24.0 Å². The van der Waals surface area contributed by atoms with E-state index in [-0.39, 0.29) is 24.0 Å². The number of nitrogens with one attached hydrogen (secondary N) is 2. The second-order valence-electron chi connectivity index (χ2n) is 7.31. The van der Waals surface area contributed by atoms with Gasteiger partial charge in [0, 0.05) is 38.4 Å². The van der Waals surface area contributed by atoms with E-state index in [0.717, 1.165) is 31.9 Å². The Morgan fingerprint density at radius 3 is 2.77 bits per heavy atom. The molecule has 6 nitrogen and oxygen atoms in total. The zero-order valence-corrected chi connectivity index (χ0v) is 20.6. The first-order chi connectivity index (χ1) is 14.2. The maximum absolute atomic E-state index is 6.05. The summed E-state index contributed by atoms with van der Waals surface area (Å²) in [5, 5.41) is 7.37. The van der Waals surface area contributed by atoms with Gasteiger partial charge in [0.05, 0.1) is 6.54 Å². The fourth-order valence-corrected chi connectivity index (χ4v) is 3.76. The first-order valence-corrected chi connectivity index (χ1v) is 10.5. The average molecular weight is 544 g/mol. The monoisotopic (exact) mass is 543 g/mol. The Morgan fingerprint density at radius 1 is 1.27 bits per heavy atom. The van der Waals surface area contributed by atoms with Crippen molar-refractivity contribution >= 4 is 41.5 Å². The number of guanidine groups is 1. The molecule has 3 rings (SSSR count). The minimum Gasteiger partial charge on any atom is -0.475 e. The van der Waals surface area contributed by atoms with Crippen LogP contribution in [0.3, 0.4) is 0 Å². The van der Waals surface area contributed by atoms with Gasteiger partial charge in [-0.25, -0.2) is 4.98 Å². The van der Waals surface area contributed by atoms with Gasteiger partial charge in [-0.1, -0.05) is 41.9 Å². The van der Waals surface area contributed by atoms with Crippen LogP contribution in [0, 0.1) is 0 Å². The van der Waals surface area contributed by atoms with Gasteiger partial charge in [0.15, 0.2) is 5.96 Å². The van der Waals surface area contributed by atoms with Crippen molar-refractivity contribution in [3.63, 3.8) is 0 Å².